The predicted molar refractivity (Wildman–Crippen MR) is 59.4 cm³/mol. The molecule has 0 aromatic heterocycles. The standard InChI is InChI=1S/C10H14BrNO2/c1-6-3-4-8(14-2)9(10(6)11)7(13)5-12/h3-4,7,13H,5,12H2,1-2H3. The topological polar surface area (TPSA) is 55.5 Å². The van der Waals surface area contributed by atoms with Crippen LogP contribution in [0.3, 0.4) is 0 Å². The van der Waals surface area contributed by atoms with Crippen molar-refractivity contribution in [2.45, 2.75) is 13.0 Å². The fraction of sp³-hybridized carbons (Fsp3) is 0.400. The van der Waals surface area contributed by atoms with Crippen molar-refractivity contribution in [3.8, 4) is 5.75 Å². The Morgan fingerprint density at radius 1 is 1.57 bits per heavy atom. The average Bonchev–Trinajstić information content (AvgIpc) is 2.20. The predicted octanol–water partition coefficient (Wildman–Crippen LogP) is 1.76. The van der Waals surface area contributed by atoms with E-state index in [1.165, 1.54) is 0 Å². The number of aryl methyl sites for hydroxylation is 1. The summed E-state index contributed by atoms with van der Waals surface area (Å²) in [6.07, 6.45) is -0.695. The lowest BCUT2D eigenvalue weighted by Gasteiger charge is -2.16. The second-order valence-corrected chi connectivity index (χ2v) is 3.86. The number of ether oxygens (including phenoxy) is 1. The van der Waals surface area contributed by atoms with E-state index in [0.717, 1.165) is 15.6 Å². The number of halogens is 1. The molecule has 1 unspecified atom stereocenters. The van der Waals surface area contributed by atoms with E-state index in [4.69, 9.17) is 10.5 Å². The lowest BCUT2D eigenvalue weighted by molar-refractivity contribution is 0.181. The number of nitrogens with two attached hydrogens (primary N) is 1. The van der Waals surface area contributed by atoms with Crippen LogP contribution < -0.4 is 10.5 Å². The van der Waals surface area contributed by atoms with Gasteiger partial charge in [0.2, 0.25) is 0 Å². The first-order valence-corrected chi connectivity index (χ1v) is 5.12. The van der Waals surface area contributed by atoms with E-state index in [1.54, 1.807) is 7.11 Å². The Bertz CT molecular complexity index is 328. The zero-order valence-corrected chi connectivity index (χ0v) is 9.84. The van der Waals surface area contributed by atoms with Gasteiger partial charge in [-0.15, -0.1) is 0 Å². The largest absolute Gasteiger partial charge is 0.496 e. The molecule has 0 aliphatic heterocycles. The van der Waals surface area contributed by atoms with Crippen molar-refractivity contribution >= 4 is 15.9 Å². The normalized spacial score (nSPS) is 12.6. The third-order valence-corrected chi connectivity index (χ3v) is 3.16. The van der Waals surface area contributed by atoms with Gasteiger partial charge in [0.15, 0.2) is 0 Å². The summed E-state index contributed by atoms with van der Waals surface area (Å²) in [7, 11) is 1.57. The van der Waals surface area contributed by atoms with E-state index in [1.807, 2.05) is 19.1 Å². The highest BCUT2D eigenvalue weighted by Gasteiger charge is 2.16. The molecule has 3 nitrogen and oxygen atoms in total. The Morgan fingerprint density at radius 3 is 2.71 bits per heavy atom. The number of aliphatic hydroxyl groups excluding tert-OH is 1. The molecule has 0 bridgehead atoms. The molecule has 0 radical (unpaired) electrons. The SMILES string of the molecule is COc1ccc(C)c(Br)c1C(O)CN. The van der Waals surface area contributed by atoms with Crippen LogP contribution in [0, 0.1) is 6.92 Å². The van der Waals surface area contributed by atoms with Crippen LogP contribution in [0.2, 0.25) is 0 Å². The Balaban J connectivity index is 3.27. The Morgan fingerprint density at radius 2 is 2.21 bits per heavy atom. The third-order valence-electron chi connectivity index (χ3n) is 2.11. The van der Waals surface area contributed by atoms with Crippen LogP contribution in [0.1, 0.15) is 17.2 Å². The molecule has 0 heterocycles. The number of hydrogen-bond donors (Lipinski definition) is 2. The molecule has 0 fully saturated rings. The summed E-state index contributed by atoms with van der Waals surface area (Å²) >= 11 is 3.42. The van der Waals surface area contributed by atoms with Crippen LogP contribution in [0.5, 0.6) is 5.75 Å². The highest BCUT2D eigenvalue weighted by Crippen LogP contribution is 2.34. The van der Waals surface area contributed by atoms with Gasteiger partial charge in [0.05, 0.1) is 13.2 Å². The fourth-order valence-corrected chi connectivity index (χ4v) is 1.88. The van der Waals surface area contributed by atoms with Crippen LogP contribution in [0.15, 0.2) is 16.6 Å². The summed E-state index contributed by atoms with van der Waals surface area (Å²) in [6, 6.07) is 3.75. The van der Waals surface area contributed by atoms with Crippen LogP contribution in [0.4, 0.5) is 0 Å². The Hall–Kier alpha value is -0.580. The van der Waals surface area contributed by atoms with Crippen molar-refractivity contribution in [2.24, 2.45) is 5.73 Å². The molecule has 3 N–H and O–H groups in total. The van der Waals surface area contributed by atoms with E-state index in [2.05, 4.69) is 15.9 Å². The highest BCUT2D eigenvalue weighted by molar-refractivity contribution is 9.10. The van der Waals surface area contributed by atoms with Gasteiger partial charge in [-0.2, -0.15) is 0 Å². The fourth-order valence-electron chi connectivity index (χ4n) is 1.29. The lowest BCUT2D eigenvalue weighted by atomic mass is 10.1. The quantitative estimate of drug-likeness (QED) is 0.870. The van der Waals surface area contributed by atoms with Crippen molar-refractivity contribution in [1.29, 1.82) is 0 Å². The summed E-state index contributed by atoms with van der Waals surface area (Å²) in [5, 5.41) is 9.71. The molecule has 78 valence electrons. The van der Waals surface area contributed by atoms with E-state index in [-0.39, 0.29) is 6.54 Å². The third kappa shape index (κ3) is 2.08. The zero-order valence-electron chi connectivity index (χ0n) is 8.25. The zero-order chi connectivity index (χ0) is 10.7. The second-order valence-electron chi connectivity index (χ2n) is 3.06. The van der Waals surface area contributed by atoms with Crippen molar-refractivity contribution in [3.63, 3.8) is 0 Å². The summed E-state index contributed by atoms with van der Waals surface area (Å²) in [4.78, 5) is 0. The van der Waals surface area contributed by atoms with Gasteiger partial charge in [-0.3, -0.25) is 0 Å². The van der Waals surface area contributed by atoms with Crippen LogP contribution in [-0.4, -0.2) is 18.8 Å². The molecule has 0 spiro atoms. The molecule has 4 heteroatoms. The molecule has 0 aliphatic rings. The minimum atomic E-state index is -0.695. The maximum atomic E-state index is 9.71. The van der Waals surface area contributed by atoms with Crippen molar-refractivity contribution in [3.05, 3.63) is 27.7 Å². The van der Waals surface area contributed by atoms with E-state index >= 15 is 0 Å². The molecule has 0 amide bonds. The number of methoxy groups -OCH3 is 1. The lowest BCUT2D eigenvalue weighted by Crippen LogP contribution is -2.13. The van der Waals surface area contributed by atoms with Gasteiger partial charge in [-0.1, -0.05) is 6.07 Å². The van der Waals surface area contributed by atoms with Crippen LogP contribution in [0.25, 0.3) is 0 Å². The van der Waals surface area contributed by atoms with Gasteiger partial charge in [0, 0.05) is 16.6 Å². The van der Waals surface area contributed by atoms with Crippen LogP contribution in [-0.2, 0) is 0 Å². The average molecular weight is 260 g/mol. The number of benzene rings is 1. The molecule has 0 aliphatic carbocycles. The van der Waals surface area contributed by atoms with Gasteiger partial charge >= 0.3 is 0 Å². The second kappa shape index (κ2) is 4.77. The van der Waals surface area contributed by atoms with Gasteiger partial charge in [-0.25, -0.2) is 0 Å². The Kier molecular flexibility index (Phi) is 3.92. The molecule has 0 saturated carbocycles. The summed E-state index contributed by atoms with van der Waals surface area (Å²) in [5.74, 6) is 0.653. The number of aliphatic hydroxyl groups is 1. The van der Waals surface area contributed by atoms with E-state index in [0.29, 0.717) is 5.75 Å². The molecule has 1 aromatic carbocycles. The van der Waals surface area contributed by atoms with Gasteiger partial charge in [-0.05, 0) is 34.5 Å². The summed E-state index contributed by atoms with van der Waals surface area (Å²) in [6.45, 7) is 2.13. The smallest absolute Gasteiger partial charge is 0.125 e. The first-order valence-electron chi connectivity index (χ1n) is 4.33. The van der Waals surface area contributed by atoms with E-state index < -0.39 is 6.10 Å². The monoisotopic (exact) mass is 259 g/mol. The molecular formula is C10H14BrNO2. The molecule has 1 atom stereocenters. The molecule has 0 saturated heterocycles. The summed E-state index contributed by atoms with van der Waals surface area (Å²) < 4.78 is 6.01. The van der Waals surface area contributed by atoms with Gasteiger partial charge in [0.25, 0.3) is 0 Å². The van der Waals surface area contributed by atoms with Crippen molar-refractivity contribution in [1.82, 2.24) is 0 Å². The minimum absolute atomic E-state index is 0.179. The van der Waals surface area contributed by atoms with Crippen molar-refractivity contribution < 1.29 is 9.84 Å². The molecule has 1 rings (SSSR count). The molecule has 14 heavy (non-hydrogen) atoms. The molecule has 1 aromatic rings. The molecular weight excluding hydrogens is 246 g/mol. The maximum absolute atomic E-state index is 9.71. The Labute approximate surface area is 92.0 Å². The summed E-state index contributed by atoms with van der Waals surface area (Å²) in [5.41, 5.74) is 7.19. The minimum Gasteiger partial charge on any atom is -0.496 e. The van der Waals surface area contributed by atoms with Crippen LogP contribution >= 0.6 is 15.9 Å². The first-order chi connectivity index (χ1) is 6.61. The van der Waals surface area contributed by atoms with Gasteiger partial charge in [0.1, 0.15) is 5.75 Å². The number of rotatable bonds is 3. The maximum Gasteiger partial charge on any atom is 0.125 e. The number of hydrogen-bond acceptors (Lipinski definition) is 3. The highest BCUT2D eigenvalue weighted by atomic mass is 79.9. The van der Waals surface area contributed by atoms with Crippen molar-refractivity contribution in [2.75, 3.05) is 13.7 Å². The first kappa shape index (κ1) is 11.5. The van der Waals surface area contributed by atoms with Gasteiger partial charge < -0.3 is 15.6 Å². The van der Waals surface area contributed by atoms with E-state index in [9.17, 15) is 5.11 Å².